The smallest absolute Gasteiger partial charge is 0.395 e. The summed E-state index contributed by atoms with van der Waals surface area (Å²) in [6.07, 6.45) is -6.04. The molecule has 0 bridgehead atoms. The Morgan fingerprint density at radius 3 is 2.32 bits per heavy atom. The number of unbranched alkanes of at least 4 members (excludes halogenated alkanes) is 2. The van der Waals surface area contributed by atoms with Gasteiger partial charge in [-0.15, -0.1) is 0 Å². The van der Waals surface area contributed by atoms with Crippen molar-refractivity contribution >= 4 is 0 Å². The molecule has 0 amide bonds. The van der Waals surface area contributed by atoms with Crippen molar-refractivity contribution in [2.24, 2.45) is 0 Å². The number of β-amino-alcohol motifs (C(OH)–C–C–N with tert-alkyl or cyclic N) is 1. The SMILES string of the molecule is OC[C@@H]1[C@H](O)[C@H](O)[C@@H](O)CN1CCCCCOCc1ccc(-c2ccccc2)cc1C(F)(F)F. The molecule has 0 aliphatic carbocycles. The van der Waals surface area contributed by atoms with E-state index in [1.54, 1.807) is 35.2 Å². The molecule has 1 aliphatic heterocycles. The first kappa shape index (κ1) is 26.6. The van der Waals surface area contributed by atoms with Crippen LogP contribution in [0.25, 0.3) is 11.1 Å². The number of nitrogens with zero attached hydrogens (tertiary/aromatic N) is 1. The largest absolute Gasteiger partial charge is 0.416 e. The van der Waals surface area contributed by atoms with Crippen LogP contribution in [0.2, 0.25) is 0 Å². The van der Waals surface area contributed by atoms with Crippen molar-refractivity contribution in [3.8, 4) is 11.1 Å². The molecule has 1 heterocycles. The fourth-order valence-corrected chi connectivity index (χ4v) is 4.29. The molecule has 0 spiro atoms. The summed E-state index contributed by atoms with van der Waals surface area (Å²) in [5.41, 5.74) is 0.603. The highest BCUT2D eigenvalue weighted by atomic mass is 19.4. The topological polar surface area (TPSA) is 93.4 Å². The van der Waals surface area contributed by atoms with E-state index in [0.29, 0.717) is 37.1 Å². The van der Waals surface area contributed by atoms with Gasteiger partial charge >= 0.3 is 6.18 Å². The summed E-state index contributed by atoms with van der Waals surface area (Å²) in [7, 11) is 0. The Morgan fingerprint density at radius 1 is 0.912 bits per heavy atom. The van der Waals surface area contributed by atoms with Crippen LogP contribution in [0.3, 0.4) is 0 Å². The molecule has 1 aliphatic rings. The molecule has 4 N–H and O–H groups in total. The van der Waals surface area contributed by atoms with E-state index < -0.39 is 36.1 Å². The number of aliphatic hydroxyl groups is 4. The second-order valence-corrected chi connectivity index (χ2v) is 8.64. The third-order valence-corrected chi connectivity index (χ3v) is 6.23. The summed E-state index contributed by atoms with van der Waals surface area (Å²) in [6, 6.07) is 12.5. The van der Waals surface area contributed by atoms with Crippen molar-refractivity contribution in [2.75, 3.05) is 26.3 Å². The van der Waals surface area contributed by atoms with E-state index in [4.69, 9.17) is 4.74 Å². The predicted molar refractivity (Wildman–Crippen MR) is 121 cm³/mol. The van der Waals surface area contributed by atoms with Gasteiger partial charge in [-0.3, -0.25) is 4.90 Å². The summed E-state index contributed by atoms with van der Waals surface area (Å²) in [4.78, 5) is 1.74. The summed E-state index contributed by atoms with van der Waals surface area (Å²) < 4.78 is 46.3. The van der Waals surface area contributed by atoms with Gasteiger partial charge < -0.3 is 25.2 Å². The van der Waals surface area contributed by atoms with Gasteiger partial charge in [-0.2, -0.15) is 13.2 Å². The molecule has 2 aromatic rings. The van der Waals surface area contributed by atoms with Crippen molar-refractivity contribution in [1.29, 1.82) is 0 Å². The van der Waals surface area contributed by atoms with Crippen LogP contribution >= 0.6 is 0 Å². The summed E-state index contributed by atoms with van der Waals surface area (Å²) in [5, 5.41) is 39.1. The number of alkyl halides is 3. The van der Waals surface area contributed by atoms with E-state index >= 15 is 0 Å². The third-order valence-electron chi connectivity index (χ3n) is 6.23. The summed E-state index contributed by atoms with van der Waals surface area (Å²) >= 11 is 0. The molecule has 0 radical (unpaired) electrons. The Balaban J connectivity index is 1.46. The van der Waals surface area contributed by atoms with Gasteiger partial charge in [-0.05, 0) is 48.6 Å². The first-order valence-corrected chi connectivity index (χ1v) is 11.4. The fraction of sp³-hybridized carbons (Fsp3) is 0.520. The zero-order valence-corrected chi connectivity index (χ0v) is 18.9. The second-order valence-electron chi connectivity index (χ2n) is 8.64. The van der Waals surface area contributed by atoms with Crippen molar-refractivity contribution in [2.45, 2.75) is 56.4 Å². The Kier molecular flexibility index (Phi) is 9.47. The molecule has 1 saturated heterocycles. The predicted octanol–water partition coefficient (Wildman–Crippen LogP) is 2.82. The van der Waals surface area contributed by atoms with Crippen LogP contribution < -0.4 is 0 Å². The molecule has 2 aromatic carbocycles. The van der Waals surface area contributed by atoms with Crippen molar-refractivity contribution < 1.29 is 38.3 Å². The minimum Gasteiger partial charge on any atom is -0.395 e. The first-order chi connectivity index (χ1) is 16.2. The third kappa shape index (κ3) is 6.78. The summed E-state index contributed by atoms with van der Waals surface area (Å²) in [5.74, 6) is 0. The van der Waals surface area contributed by atoms with Crippen LogP contribution in [-0.4, -0.2) is 76.0 Å². The van der Waals surface area contributed by atoms with Gasteiger partial charge in [0.15, 0.2) is 0 Å². The van der Waals surface area contributed by atoms with Gasteiger partial charge in [0.05, 0.1) is 30.9 Å². The number of rotatable bonds is 10. The standard InChI is InChI=1S/C25H32F3NO5/c26-25(27,28)20-13-18(17-7-3-1-4-8-17)9-10-19(20)16-34-12-6-2-5-11-29-14-22(31)24(33)23(32)21(29)15-30/h1,3-4,7-10,13,21-24,30-33H,2,5-6,11-12,14-16H2/t21-,22+,23+,24-/m1/s1. The zero-order valence-electron chi connectivity index (χ0n) is 18.9. The highest BCUT2D eigenvalue weighted by molar-refractivity contribution is 5.65. The van der Waals surface area contributed by atoms with E-state index in [0.717, 1.165) is 12.5 Å². The lowest BCUT2D eigenvalue weighted by Crippen LogP contribution is -2.62. The van der Waals surface area contributed by atoms with Crippen LogP contribution in [0.15, 0.2) is 48.5 Å². The molecule has 0 saturated carbocycles. The number of benzene rings is 2. The van der Waals surface area contributed by atoms with Crippen LogP contribution in [0.5, 0.6) is 0 Å². The number of halogens is 3. The molecule has 0 aromatic heterocycles. The second kappa shape index (κ2) is 12.1. The normalized spacial score (nSPS) is 23.9. The lowest BCUT2D eigenvalue weighted by molar-refractivity contribution is -0.145. The van der Waals surface area contributed by atoms with Crippen LogP contribution in [0.1, 0.15) is 30.4 Å². The molecule has 0 unspecified atom stereocenters. The Bertz CT molecular complexity index is 896. The number of hydrogen-bond acceptors (Lipinski definition) is 6. The van der Waals surface area contributed by atoms with Gasteiger partial charge in [0.25, 0.3) is 0 Å². The average molecular weight is 484 g/mol. The number of hydrogen-bond donors (Lipinski definition) is 4. The Hall–Kier alpha value is -2.01. The van der Waals surface area contributed by atoms with E-state index in [2.05, 4.69) is 0 Å². The highest BCUT2D eigenvalue weighted by Crippen LogP contribution is 2.35. The average Bonchev–Trinajstić information content (AvgIpc) is 2.82. The van der Waals surface area contributed by atoms with Gasteiger partial charge in [-0.25, -0.2) is 0 Å². The monoisotopic (exact) mass is 483 g/mol. The molecule has 34 heavy (non-hydrogen) atoms. The Morgan fingerprint density at radius 2 is 1.65 bits per heavy atom. The van der Waals surface area contributed by atoms with Crippen LogP contribution in [0.4, 0.5) is 13.2 Å². The maximum atomic E-state index is 13.6. The molecule has 188 valence electrons. The summed E-state index contributed by atoms with van der Waals surface area (Å²) in [6.45, 7) is 0.479. The maximum Gasteiger partial charge on any atom is 0.416 e. The van der Waals surface area contributed by atoms with Crippen molar-refractivity contribution in [3.63, 3.8) is 0 Å². The van der Waals surface area contributed by atoms with Crippen molar-refractivity contribution in [1.82, 2.24) is 4.90 Å². The Labute approximate surface area is 197 Å². The molecular formula is C25H32F3NO5. The van der Waals surface area contributed by atoms with E-state index in [1.807, 2.05) is 6.07 Å². The van der Waals surface area contributed by atoms with Crippen LogP contribution in [0, 0.1) is 0 Å². The maximum absolute atomic E-state index is 13.6. The molecule has 1 fully saturated rings. The minimum absolute atomic E-state index is 0.0906. The highest BCUT2D eigenvalue weighted by Gasteiger charge is 2.40. The fourth-order valence-electron chi connectivity index (χ4n) is 4.29. The van der Waals surface area contributed by atoms with Crippen molar-refractivity contribution in [3.05, 3.63) is 59.7 Å². The van der Waals surface area contributed by atoms with E-state index in [-0.39, 0.29) is 25.3 Å². The van der Waals surface area contributed by atoms with E-state index in [9.17, 15) is 33.6 Å². The van der Waals surface area contributed by atoms with Gasteiger partial charge in [-0.1, -0.05) is 42.5 Å². The lowest BCUT2D eigenvalue weighted by Gasteiger charge is -2.43. The number of likely N-dealkylation sites (tertiary alicyclic amines) is 1. The quantitative estimate of drug-likeness (QED) is 0.389. The number of ether oxygens (including phenoxy) is 1. The molecule has 3 rings (SSSR count). The molecule has 6 nitrogen and oxygen atoms in total. The first-order valence-electron chi connectivity index (χ1n) is 11.4. The van der Waals surface area contributed by atoms with Gasteiger partial charge in [0, 0.05) is 13.2 Å². The van der Waals surface area contributed by atoms with Gasteiger partial charge in [0.1, 0.15) is 12.2 Å². The molecular weight excluding hydrogens is 451 g/mol. The van der Waals surface area contributed by atoms with Gasteiger partial charge in [0.2, 0.25) is 0 Å². The van der Waals surface area contributed by atoms with Crippen LogP contribution in [-0.2, 0) is 17.5 Å². The molecule has 9 heteroatoms. The molecule has 4 atom stereocenters. The zero-order chi connectivity index (χ0) is 24.7. The minimum atomic E-state index is -4.48. The lowest BCUT2D eigenvalue weighted by atomic mass is 9.94. The number of piperidine rings is 1. The van der Waals surface area contributed by atoms with E-state index in [1.165, 1.54) is 6.07 Å². The number of aliphatic hydroxyl groups excluding tert-OH is 4.